The minimum absolute atomic E-state index is 0.134. The molecule has 2 fully saturated rings. The summed E-state index contributed by atoms with van der Waals surface area (Å²) in [7, 11) is 1.57. The Morgan fingerprint density at radius 2 is 0.785 bits per heavy atom. The van der Waals surface area contributed by atoms with E-state index < -0.39 is 61.3 Å². The maximum atomic E-state index is 13.3. The second-order valence-electron chi connectivity index (χ2n) is 15.9. The zero-order valence-electron chi connectivity index (χ0n) is 36.5. The van der Waals surface area contributed by atoms with Gasteiger partial charge in [-0.25, -0.2) is 4.79 Å². The van der Waals surface area contributed by atoms with Crippen molar-refractivity contribution in [3.8, 4) is 0 Å². The van der Waals surface area contributed by atoms with Crippen LogP contribution in [0.25, 0.3) is 0 Å². The van der Waals surface area contributed by atoms with Crippen LogP contribution in [0.15, 0.2) is 182 Å². The molecule has 2 aliphatic heterocycles. The molecule has 0 N–H and O–H groups in total. The van der Waals surface area contributed by atoms with Crippen LogP contribution in [0.3, 0.4) is 0 Å². The van der Waals surface area contributed by atoms with Gasteiger partial charge in [0, 0.05) is 7.11 Å². The molecule has 6 aromatic carbocycles. The Morgan fingerprint density at radius 1 is 0.415 bits per heavy atom. The highest BCUT2D eigenvalue weighted by Gasteiger charge is 2.54. The van der Waals surface area contributed by atoms with Crippen LogP contribution in [0.4, 0.5) is 0 Å². The Morgan fingerprint density at radius 3 is 1.25 bits per heavy atom. The predicted molar refractivity (Wildman–Crippen MR) is 242 cm³/mol. The average molecular weight is 881 g/mol. The van der Waals surface area contributed by atoms with Crippen molar-refractivity contribution in [1.82, 2.24) is 0 Å². The third-order valence-corrected chi connectivity index (χ3v) is 11.3. The molecule has 6 aromatic rings. The van der Waals surface area contributed by atoms with Gasteiger partial charge in [0.25, 0.3) is 0 Å². The number of benzene rings is 6. The maximum absolute atomic E-state index is 13.3. The number of hydrogen-bond donors (Lipinski definition) is 0. The van der Waals surface area contributed by atoms with E-state index in [9.17, 15) is 4.79 Å². The standard InChI is InChI=1S/C54H56O11/c1-56-53-51(49(60-35-42-26-14-5-15-27-42)47(58-33-40-22-10-3-11-23-40)45(63-53)37-57-32-39-20-8-2-9-21-39)65-54-50(61-36-43-28-16-6-17-29-43)48(59-34-41-24-12-4-13-25-41)46(64-54)38-62-52(55)44-30-18-7-19-31-44/h2-31,45-51,53-54H,32-38H2,1H3/t45-,46-,47-,48-,49+,50+,51-,53+,54+/m1/s1. The molecule has 9 atom stereocenters. The van der Waals surface area contributed by atoms with Gasteiger partial charge >= 0.3 is 5.97 Å². The van der Waals surface area contributed by atoms with E-state index in [2.05, 4.69) is 0 Å². The molecular weight excluding hydrogens is 825 g/mol. The summed E-state index contributed by atoms with van der Waals surface area (Å²) in [6, 6.07) is 58.4. The fourth-order valence-corrected chi connectivity index (χ4v) is 7.95. The number of methoxy groups -OCH3 is 1. The van der Waals surface area contributed by atoms with Gasteiger partial charge in [-0.1, -0.05) is 170 Å². The summed E-state index contributed by atoms with van der Waals surface area (Å²) in [6.45, 7) is 1.40. The molecule has 2 heterocycles. The largest absolute Gasteiger partial charge is 0.459 e. The van der Waals surface area contributed by atoms with Gasteiger partial charge in [0.05, 0.1) is 45.2 Å². The first-order valence-electron chi connectivity index (χ1n) is 22.1. The first kappa shape index (κ1) is 46.0. The topological polar surface area (TPSA) is 109 Å². The van der Waals surface area contributed by atoms with Crippen molar-refractivity contribution in [1.29, 1.82) is 0 Å². The van der Waals surface area contributed by atoms with E-state index in [1.54, 1.807) is 31.4 Å². The van der Waals surface area contributed by atoms with Crippen molar-refractivity contribution in [2.24, 2.45) is 0 Å². The van der Waals surface area contributed by atoms with Gasteiger partial charge in [0.15, 0.2) is 12.6 Å². The van der Waals surface area contributed by atoms with E-state index in [-0.39, 0.29) is 39.6 Å². The van der Waals surface area contributed by atoms with Crippen molar-refractivity contribution < 1.29 is 52.2 Å². The van der Waals surface area contributed by atoms with Gasteiger partial charge in [-0.15, -0.1) is 0 Å². The highest BCUT2D eigenvalue weighted by Crippen LogP contribution is 2.36. The monoisotopic (exact) mass is 880 g/mol. The van der Waals surface area contributed by atoms with E-state index in [0.29, 0.717) is 12.2 Å². The molecule has 0 amide bonds. The number of carbonyl (C=O) groups is 1. The number of ether oxygens (including phenoxy) is 10. The lowest BCUT2D eigenvalue weighted by atomic mass is 9.97. The second kappa shape index (κ2) is 24.1. The van der Waals surface area contributed by atoms with Gasteiger partial charge < -0.3 is 47.4 Å². The molecule has 0 unspecified atom stereocenters. The van der Waals surface area contributed by atoms with Gasteiger partial charge in [-0.05, 0) is 39.9 Å². The Hall–Kier alpha value is -5.57. The first-order chi connectivity index (χ1) is 32.1. The third kappa shape index (κ3) is 13.0. The van der Waals surface area contributed by atoms with Crippen LogP contribution in [-0.4, -0.2) is 81.6 Å². The van der Waals surface area contributed by atoms with E-state index in [4.69, 9.17) is 47.4 Å². The number of carbonyl (C=O) groups excluding carboxylic acids is 1. The molecule has 0 saturated carbocycles. The van der Waals surface area contributed by atoms with Crippen LogP contribution >= 0.6 is 0 Å². The number of hydrogen-bond acceptors (Lipinski definition) is 11. The Balaban J connectivity index is 1.11. The summed E-state index contributed by atoms with van der Waals surface area (Å²) in [4.78, 5) is 13.3. The SMILES string of the molecule is CO[C@H]1O[C@H](COCc2ccccc2)[C@@H](OCc2ccccc2)[C@H](OCc2ccccc2)[C@H]1O[C@@H]1O[C@H](COC(=O)c2ccccc2)[C@@H](OCc2ccccc2)[C@@H]1OCc1ccccc1. The maximum Gasteiger partial charge on any atom is 0.338 e. The molecule has 338 valence electrons. The Kier molecular flexibility index (Phi) is 17.0. The van der Waals surface area contributed by atoms with Crippen molar-refractivity contribution in [3.05, 3.63) is 215 Å². The predicted octanol–water partition coefficient (Wildman–Crippen LogP) is 8.88. The zero-order valence-corrected chi connectivity index (χ0v) is 36.5. The highest BCUT2D eigenvalue weighted by atomic mass is 16.8. The summed E-state index contributed by atoms with van der Waals surface area (Å²) in [5.74, 6) is -0.490. The fourth-order valence-electron chi connectivity index (χ4n) is 7.95. The molecule has 0 bridgehead atoms. The quantitative estimate of drug-likeness (QED) is 0.0611. The van der Waals surface area contributed by atoms with Gasteiger partial charge in [0.1, 0.15) is 49.3 Å². The lowest BCUT2D eigenvalue weighted by Crippen LogP contribution is -2.62. The minimum Gasteiger partial charge on any atom is -0.459 e. The van der Waals surface area contributed by atoms with Crippen molar-refractivity contribution in [2.75, 3.05) is 20.3 Å². The van der Waals surface area contributed by atoms with Crippen LogP contribution < -0.4 is 0 Å². The molecule has 0 aromatic heterocycles. The molecule has 8 rings (SSSR count). The van der Waals surface area contributed by atoms with E-state index >= 15 is 0 Å². The van der Waals surface area contributed by atoms with Crippen LogP contribution in [-0.2, 0) is 80.4 Å². The molecule has 65 heavy (non-hydrogen) atoms. The third-order valence-electron chi connectivity index (χ3n) is 11.3. The van der Waals surface area contributed by atoms with Gasteiger partial charge in [-0.2, -0.15) is 0 Å². The van der Waals surface area contributed by atoms with Crippen LogP contribution in [0.5, 0.6) is 0 Å². The van der Waals surface area contributed by atoms with Crippen molar-refractivity contribution >= 4 is 5.97 Å². The van der Waals surface area contributed by atoms with Crippen molar-refractivity contribution in [3.63, 3.8) is 0 Å². The molecule has 2 aliphatic rings. The molecule has 0 spiro atoms. The van der Waals surface area contributed by atoms with E-state index in [0.717, 1.165) is 27.8 Å². The average Bonchev–Trinajstić information content (AvgIpc) is 3.70. The smallest absolute Gasteiger partial charge is 0.338 e. The molecule has 11 heteroatoms. The lowest BCUT2D eigenvalue weighted by molar-refractivity contribution is -0.347. The lowest BCUT2D eigenvalue weighted by Gasteiger charge is -2.46. The Bertz CT molecular complexity index is 2250. The van der Waals surface area contributed by atoms with Crippen LogP contribution in [0, 0.1) is 0 Å². The normalized spacial score (nSPS) is 24.1. The zero-order chi connectivity index (χ0) is 44.5. The van der Waals surface area contributed by atoms with Gasteiger partial charge in [-0.3, -0.25) is 0 Å². The second-order valence-corrected chi connectivity index (χ2v) is 15.9. The summed E-state index contributed by atoms with van der Waals surface area (Å²) in [6.07, 6.45) is -7.44. The molecule has 0 aliphatic carbocycles. The van der Waals surface area contributed by atoms with Gasteiger partial charge in [0.2, 0.25) is 0 Å². The summed E-state index contributed by atoms with van der Waals surface area (Å²) < 4.78 is 66.2. The minimum atomic E-state index is -1.07. The summed E-state index contributed by atoms with van der Waals surface area (Å²) >= 11 is 0. The summed E-state index contributed by atoms with van der Waals surface area (Å²) in [5.41, 5.74) is 5.28. The van der Waals surface area contributed by atoms with Crippen LogP contribution in [0.2, 0.25) is 0 Å². The van der Waals surface area contributed by atoms with E-state index in [1.807, 2.05) is 158 Å². The molecule has 0 radical (unpaired) electrons. The highest BCUT2D eigenvalue weighted by molar-refractivity contribution is 5.89. The number of rotatable bonds is 22. The molecular formula is C54H56O11. The first-order valence-corrected chi connectivity index (χ1v) is 22.1. The number of esters is 1. The molecule has 2 saturated heterocycles. The summed E-state index contributed by atoms with van der Waals surface area (Å²) in [5, 5.41) is 0. The van der Waals surface area contributed by atoms with E-state index in [1.165, 1.54) is 0 Å². The fraction of sp³-hybridized carbons (Fsp3) is 0.315. The van der Waals surface area contributed by atoms with Crippen LogP contribution in [0.1, 0.15) is 38.2 Å². The van der Waals surface area contributed by atoms with Crippen molar-refractivity contribution in [2.45, 2.75) is 88.3 Å². The Labute approximate surface area is 381 Å². The molecule has 11 nitrogen and oxygen atoms in total.